The first-order valence-electron chi connectivity index (χ1n) is 8.18. The van der Waals surface area contributed by atoms with E-state index in [1.54, 1.807) is 28.8 Å². The van der Waals surface area contributed by atoms with E-state index in [-0.39, 0.29) is 17.6 Å². The number of hydrogen-bond donors (Lipinski definition) is 0. The maximum Gasteiger partial charge on any atom is 0.308 e. The Kier molecular flexibility index (Phi) is 4.40. The second-order valence-electron chi connectivity index (χ2n) is 6.34. The van der Waals surface area contributed by atoms with E-state index in [0.717, 1.165) is 11.1 Å². The fraction of sp³-hybridized carbons (Fsp3) is 0.250. The molecule has 2 aromatic carbocycles. The minimum absolute atomic E-state index is 0.0342. The zero-order valence-electron chi connectivity index (χ0n) is 14.7. The van der Waals surface area contributed by atoms with Gasteiger partial charge in [0.15, 0.2) is 0 Å². The Bertz CT molecular complexity index is 1000. The summed E-state index contributed by atoms with van der Waals surface area (Å²) >= 11 is 0. The van der Waals surface area contributed by atoms with Crippen molar-refractivity contribution in [3.05, 3.63) is 58.4 Å². The monoisotopic (exact) mass is 336 g/mol. The number of benzene rings is 2. The second kappa shape index (κ2) is 6.51. The molecule has 0 atom stereocenters. The van der Waals surface area contributed by atoms with Crippen LogP contribution in [0.3, 0.4) is 0 Å². The highest BCUT2D eigenvalue weighted by molar-refractivity contribution is 5.80. The molecule has 0 amide bonds. The maximum absolute atomic E-state index is 13.0. The summed E-state index contributed by atoms with van der Waals surface area (Å²) in [5, 5.41) is 0.619. The number of carbonyl (C=O) groups excluding carboxylic acids is 1. The second-order valence-corrected chi connectivity index (χ2v) is 6.34. The molecule has 5 nitrogen and oxygen atoms in total. The Morgan fingerprint density at radius 3 is 2.40 bits per heavy atom. The quantitative estimate of drug-likeness (QED) is 0.538. The number of nitrogens with zero attached hydrogens (tertiary/aromatic N) is 2. The summed E-state index contributed by atoms with van der Waals surface area (Å²) in [7, 11) is 0. The minimum atomic E-state index is -0.369. The van der Waals surface area contributed by atoms with Crippen LogP contribution < -0.4 is 10.3 Å². The molecule has 0 fully saturated rings. The zero-order chi connectivity index (χ0) is 18.1. The number of ether oxygens (including phenoxy) is 1. The van der Waals surface area contributed by atoms with Gasteiger partial charge in [0.05, 0.1) is 10.9 Å². The summed E-state index contributed by atoms with van der Waals surface area (Å²) in [5.41, 5.74) is 2.44. The van der Waals surface area contributed by atoms with Gasteiger partial charge >= 0.3 is 5.97 Å². The van der Waals surface area contributed by atoms with Crippen molar-refractivity contribution in [1.82, 2.24) is 9.55 Å². The van der Waals surface area contributed by atoms with Crippen molar-refractivity contribution in [3.8, 4) is 17.1 Å². The van der Waals surface area contributed by atoms with Crippen LogP contribution in [0.5, 0.6) is 5.75 Å². The van der Waals surface area contributed by atoms with Gasteiger partial charge in [-0.3, -0.25) is 14.2 Å². The molecule has 5 heteroatoms. The molecule has 0 spiro atoms. The molecule has 0 unspecified atom stereocenters. The molecule has 25 heavy (non-hydrogen) atoms. The van der Waals surface area contributed by atoms with Crippen molar-refractivity contribution in [2.24, 2.45) is 0 Å². The lowest BCUT2D eigenvalue weighted by Crippen LogP contribution is -2.25. The predicted octanol–water partition coefficient (Wildman–Crippen LogP) is 3.88. The van der Waals surface area contributed by atoms with Gasteiger partial charge in [0.25, 0.3) is 5.56 Å². The van der Waals surface area contributed by atoms with Gasteiger partial charge in [0.1, 0.15) is 11.6 Å². The molecule has 0 N–H and O–H groups in total. The predicted molar refractivity (Wildman–Crippen MR) is 97.9 cm³/mol. The fourth-order valence-corrected chi connectivity index (χ4v) is 2.83. The summed E-state index contributed by atoms with van der Waals surface area (Å²) in [6.45, 7) is 7.24. The van der Waals surface area contributed by atoms with Crippen LogP contribution in [0.25, 0.3) is 22.3 Å². The molecule has 0 aliphatic rings. The lowest BCUT2D eigenvalue weighted by molar-refractivity contribution is -0.131. The minimum Gasteiger partial charge on any atom is -0.427 e. The van der Waals surface area contributed by atoms with E-state index in [1.165, 1.54) is 6.92 Å². The SMILES string of the molecule is CC(=O)Oc1ccc(-c2nc3ccc(C)cc3c(=O)n2C(C)C)cc1. The van der Waals surface area contributed by atoms with E-state index in [2.05, 4.69) is 0 Å². The van der Waals surface area contributed by atoms with Crippen LogP contribution >= 0.6 is 0 Å². The highest BCUT2D eigenvalue weighted by atomic mass is 16.5. The number of hydrogen-bond acceptors (Lipinski definition) is 4. The molecular formula is C20H20N2O3. The smallest absolute Gasteiger partial charge is 0.308 e. The molecule has 0 bridgehead atoms. The number of fused-ring (bicyclic) bond motifs is 1. The third-order valence-corrected chi connectivity index (χ3v) is 3.95. The van der Waals surface area contributed by atoms with Gasteiger partial charge in [0.2, 0.25) is 0 Å². The van der Waals surface area contributed by atoms with Crippen LogP contribution in [0, 0.1) is 6.92 Å². The van der Waals surface area contributed by atoms with Crippen molar-refractivity contribution >= 4 is 16.9 Å². The Morgan fingerprint density at radius 2 is 1.80 bits per heavy atom. The topological polar surface area (TPSA) is 61.2 Å². The van der Waals surface area contributed by atoms with Crippen molar-refractivity contribution in [3.63, 3.8) is 0 Å². The summed E-state index contributed by atoms with van der Waals surface area (Å²) in [6, 6.07) is 12.7. The van der Waals surface area contributed by atoms with E-state index in [4.69, 9.17) is 9.72 Å². The highest BCUT2D eigenvalue weighted by Crippen LogP contribution is 2.24. The van der Waals surface area contributed by atoms with Crippen LogP contribution in [-0.2, 0) is 4.79 Å². The first-order chi connectivity index (χ1) is 11.9. The molecule has 1 aromatic heterocycles. The molecule has 0 aliphatic heterocycles. The first-order valence-corrected chi connectivity index (χ1v) is 8.18. The van der Waals surface area contributed by atoms with E-state index in [0.29, 0.717) is 22.5 Å². The molecule has 0 aliphatic carbocycles. The number of carbonyl (C=O) groups is 1. The molecule has 3 aromatic rings. The molecule has 0 saturated carbocycles. The van der Waals surface area contributed by atoms with Crippen LogP contribution in [0.1, 0.15) is 32.4 Å². The molecule has 0 radical (unpaired) electrons. The normalized spacial score (nSPS) is 11.1. The summed E-state index contributed by atoms with van der Waals surface area (Å²) in [4.78, 5) is 28.7. The molecule has 3 rings (SSSR count). The van der Waals surface area contributed by atoms with E-state index in [1.807, 2.05) is 39.0 Å². The maximum atomic E-state index is 13.0. The van der Waals surface area contributed by atoms with E-state index < -0.39 is 0 Å². The van der Waals surface area contributed by atoms with E-state index >= 15 is 0 Å². The lowest BCUT2D eigenvalue weighted by Gasteiger charge is -2.17. The van der Waals surface area contributed by atoms with Crippen LogP contribution in [0.15, 0.2) is 47.3 Å². The summed E-state index contributed by atoms with van der Waals surface area (Å²) in [5.74, 6) is 0.697. The van der Waals surface area contributed by atoms with Gasteiger partial charge in [-0.05, 0) is 57.2 Å². The fourth-order valence-electron chi connectivity index (χ4n) is 2.83. The Morgan fingerprint density at radius 1 is 1.12 bits per heavy atom. The summed E-state index contributed by atoms with van der Waals surface area (Å²) in [6.07, 6.45) is 0. The number of aryl methyl sites for hydroxylation is 1. The zero-order valence-corrected chi connectivity index (χ0v) is 14.7. The average molecular weight is 336 g/mol. The Balaban J connectivity index is 2.21. The van der Waals surface area contributed by atoms with Gasteiger partial charge in [0, 0.05) is 18.5 Å². The summed E-state index contributed by atoms with van der Waals surface area (Å²) < 4.78 is 6.76. The molecular weight excluding hydrogens is 316 g/mol. The highest BCUT2D eigenvalue weighted by Gasteiger charge is 2.15. The van der Waals surface area contributed by atoms with Gasteiger partial charge in [-0.1, -0.05) is 11.6 Å². The standard InChI is InChI=1S/C20H20N2O3/c1-12(2)22-19(15-6-8-16(9-7-15)25-14(4)23)21-18-10-5-13(3)11-17(18)20(22)24/h5-12H,1-4H3. The van der Waals surface area contributed by atoms with Gasteiger partial charge in [-0.15, -0.1) is 0 Å². The van der Waals surface area contributed by atoms with Gasteiger partial charge in [-0.25, -0.2) is 4.98 Å². The van der Waals surface area contributed by atoms with Crippen molar-refractivity contribution in [1.29, 1.82) is 0 Å². The van der Waals surface area contributed by atoms with Crippen molar-refractivity contribution in [2.75, 3.05) is 0 Å². The molecule has 1 heterocycles. The first kappa shape index (κ1) is 16.9. The van der Waals surface area contributed by atoms with Crippen LogP contribution in [0.2, 0.25) is 0 Å². The van der Waals surface area contributed by atoms with Crippen LogP contribution in [-0.4, -0.2) is 15.5 Å². The average Bonchev–Trinajstić information content (AvgIpc) is 2.55. The van der Waals surface area contributed by atoms with E-state index in [9.17, 15) is 9.59 Å². The number of aromatic nitrogens is 2. The number of esters is 1. The van der Waals surface area contributed by atoms with Crippen LogP contribution in [0.4, 0.5) is 0 Å². The van der Waals surface area contributed by atoms with Gasteiger partial charge < -0.3 is 4.74 Å². The number of rotatable bonds is 3. The lowest BCUT2D eigenvalue weighted by atomic mass is 10.1. The Hall–Kier alpha value is -2.95. The molecule has 128 valence electrons. The van der Waals surface area contributed by atoms with Crippen molar-refractivity contribution in [2.45, 2.75) is 33.7 Å². The van der Waals surface area contributed by atoms with Crippen molar-refractivity contribution < 1.29 is 9.53 Å². The molecule has 0 saturated heterocycles. The third kappa shape index (κ3) is 3.31. The Labute approximate surface area is 145 Å². The van der Waals surface area contributed by atoms with Gasteiger partial charge in [-0.2, -0.15) is 0 Å². The third-order valence-electron chi connectivity index (χ3n) is 3.95. The largest absolute Gasteiger partial charge is 0.427 e.